The Kier molecular flexibility index (Phi) is 5.03. The number of aromatic nitrogens is 3. The molecule has 2 aromatic rings. The Hall–Kier alpha value is -2.51. The van der Waals surface area contributed by atoms with E-state index in [4.69, 9.17) is 0 Å². The summed E-state index contributed by atoms with van der Waals surface area (Å²) in [6.07, 6.45) is 1.45. The highest BCUT2D eigenvalue weighted by Crippen LogP contribution is 2.14. The van der Waals surface area contributed by atoms with Gasteiger partial charge < -0.3 is 10.6 Å². The van der Waals surface area contributed by atoms with Crippen molar-refractivity contribution in [3.05, 3.63) is 47.5 Å². The zero-order valence-electron chi connectivity index (χ0n) is 12.3. The Labute approximate surface area is 126 Å². The quantitative estimate of drug-likeness (QED) is 0.880. The maximum absolute atomic E-state index is 13.5. The van der Waals surface area contributed by atoms with Crippen LogP contribution in [-0.4, -0.2) is 26.8 Å². The average Bonchev–Trinajstić information content (AvgIpc) is 2.86. The summed E-state index contributed by atoms with van der Waals surface area (Å²) < 4.78 is 28.6. The van der Waals surface area contributed by atoms with Crippen molar-refractivity contribution < 1.29 is 13.6 Å². The van der Waals surface area contributed by atoms with Gasteiger partial charge in [-0.2, -0.15) is 5.10 Å². The molecule has 2 N–H and O–H groups in total. The first-order valence-corrected chi connectivity index (χ1v) is 6.77. The third-order valence-electron chi connectivity index (χ3n) is 3.16. The van der Waals surface area contributed by atoms with Crippen molar-refractivity contribution in [3.8, 4) is 0 Å². The summed E-state index contributed by atoms with van der Waals surface area (Å²) in [6.45, 7) is 1.89. The lowest BCUT2D eigenvalue weighted by Crippen LogP contribution is -2.41. The van der Waals surface area contributed by atoms with Gasteiger partial charge in [0.1, 0.15) is 23.8 Å². The number of carbonyl (C=O) groups is 1. The van der Waals surface area contributed by atoms with Crippen LogP contribution < -0.4 is 10.6 Å². The SMILES string of the molecule is C[C@H](Cc1c(F)cccc1F)NC(=O)NCc1ncnn1C. The largest absolute Gasteiger partial charge is 0.335 e. The first-order chi connectivity index (χ1) is 10.5. The molecule has 22 heavy (non-hydrogen) atoms. The van der Waals surface area contributed by atoms with Crippen molar-refractivity contribution in [2.75, 3.05) is 0 Å². The molecule has 1 aromatic heterocycles. The maximum Gasteiger partial charge on any atom is 0.315 e. The fourth-order valence-electron chi connectivity index (χ4n) is 2.00. The first-order valence-electron chi connectivity index (χ1n) is 6.77. The van der Waals surface area contributed by atoms with E-state index >= 15 is 0 Å². The highest BCUT2D eigenvalue weighted by atomic mass is 19.1. The monoisotopic (exact) mass is 309 g/mol. The third-order valence-corrected chi connectivity index (χ3v) is 3.16. The van der Waals surface area contributed by atoms with Gasteiger partial charge in [-0.25, -0.2) is 18.6 Å². The van der Waals surface area contributed by atoms with E-state index in [9.17, 15) is 13.6 Å². The molecule has 118 valence electrons. The second-order valence-electron chi connectivity index (χ2n) is 4.93. The van der Waals surface area contributed by atoms with Crippen molar-refractivity contribution >= 4 is 6.03 Å². The second kappa shape index (κ2) is 6.97. The molecule has 0 bridgehead atoms. The Morgan fingerprint density at radius 1 is 1.36 bits per heavy atom. The normalized spacial score (nSPS) is 12.0. The summed E-state index contributed by atoms with van der Waals surface area (Å²) in [6, 6.07) is 2.83. The van der Waals surface area contributed by atoms with Crippen LogP contribution in [0, 0.1) is 11.6 Å². The molecule has 0 saturated heterocycles. The van der Waals surface area contributed by atoms with Gasteiger partial charge in [0.15, 0.2) is 0 Å². The molecule has 0 spiro atoms. The molecule has 1 atom stereocenters. The summed E-state index contributed by atoms with van der Waals surface area (Å²) in [5.41, 5.74) is -0.0383. The van der Waals surface area contributed by atoms with Gasteiger partial charge in [-0.3, -0.25) is 4.68 Å². The van der Waals surface area contributed by atoms with Crippen LogP contribution in [0.1, 0.15) is 18.3 Å². The minimum absolute atomic E-state index is 0.0383. The van der Waals surface area contributed by atoms with Crippen LogP contribution in [0.3, 0.4) is 0 Å². The molecule has 1 aromatic carbocycles. The number of rotatable bonds is 5. The number of urea groups is 1. The third kappa shape index (κ3) is 4.00. The number of nitrogens with zero attached hydrogens (tertiary/aromatic N) is 3. The molecule has 2 amide bonds. The zero-order valence-corrected chi connectivity index (χ0v) is 12.3. The molecule has 8 heteroatoms. The van der Waals surface area contributed by atoms with Crippen LogP contribution in [0.5, 0.6) is 0 Å². The fourth-order valence-corrected chi connectivity index (χ4v) is 2.00. The van der Waals surface area contributed by atoms with E-state index in [0.29, 0.717) is 5.82 Å². The summed E-state index contributed by atoms with van der Waals surface area (Å²) in [5.74, 6) is -0.635. The van der Waals surface area contributed by atoms with Gasteiger partial charge in [0.25, 0.3) is 0 Å². The number of hydrogen-bond acceptors (Lipinski definition) is 3. The highest BCUT2D eigenvalue weighted by molar-refractivity contribution is 5.74. The van der Waals surface area contributed by atoms with Gasteiger partial charge in [0.05, 0.1) is 6.54 Å². The van der Waals surface area contributed by atoms with Crippen molar-refractivity contribution in [3.63, 3.8) is 0 Å². The molecule has 6 nitrogen and oxygen atoms in total. The average molecular weight is 309 g/mol. The standard InChI is InChI=1S/C14H17F2N5O/c1-9(6-10-11(15)4-3-5-12(10)16)20-14(22)17-7-13-18-8-19-21(13)2/h3-5,8-9H,6-7H2,1-2H3,(H2,17,20,22)/t9-/m1/s1. The summed E-state index contributed by atoms with van der Waals surface area (Å²) in [7, 11) is 1.71. The minimum Gasteiger partial charge on any atom is -0.335 e. The van der Waals surface area contributed by atoms with Gasteiger partial charge in [-0.15, -0.1) is 0 Å². The summed E-state index contributed by atoms with van der Waals surface area (Å²) in [4.78, 5) is 15.7. The Bertz CT molecular complexity index is 638. The molecular formula is C14H17F2N5O. The van der Waals surface area contributed by atoms with Crippen LogP contribution in [0.15, 0.2) is 24.5 Å². The molecule has 0 aliphatic carbocycles. The van der Waals surface area contributed by atoms with Gasteiger partial charge in [0.2, 0.25) is 0 Å². The van der Waals surface area contributed by atoms with Crippen molar-refractivity contribution in [1.82, 2.24) is 25.4 Å². The van der Waals surface area contributed by atoms with Crippen LogP contribution in [0.25, 0.3) is 0 Å². The van der Waals surface area contributed by atoms with Crippen LogP contribution in [0.4, 0.5) is 13.6 Å². The molecule has 2 rings (SSSR count). The number of amides is 2. The van der Waals surface area contributed by atoms with Crippen molar-refractivity contribution in [2.24, 2.45) is 7.05 Å². The van der Waals surface area contributed by atoms with E-state index in [0.717, 1.165) is 0 Å². The number of nitrogens with one attached hydrogen (secondary N) is 2. The van der Waals surface area contributed by atoms with Crippen LogP contribution in [-0.2, 0) is 20.0 Å². The zero-order chi connectivity index (χ0) is 16.1. The number of carbonyl (C=O) groups excluding carboxylic acids is 1. The minimum atomic E-state index is -0.617. The molecule has 0 radical (unpaired) electrons. The van der Waals surface area contributed by atoms with Crippen molar-refractivity contribution in [2.45, 2.75) is 25.9 Å². The Morgan fingerprint density at radius 3 is 2.64 bits per heavy atom. The topological polar surface area (TPSA) is 71.8 Å². The highest BCUT2D eigenvalue weighted by Gasteiger charge is 2.14. The molecule has 0 saturated carbocycles. The lowest BCUT2D eigenvalue weighted by atomic mass is 10.1. The molecule has 0 fully saturated rings. The lowest BCUT2D eigenvalue weighted by molar-refractivity contribution is 0.236. The Morgan fingerprint density at radius 2 is 2.05 bits per heavy atom. The number of benzene rings is 1. The second-order valence-corrected chi connectivity index (χ2v) is 4.93. The van der Waals surface area contributed by atoms with E-state index in [-0.39, 0.29) is 18.5 Å². The van der Waals surface area contributed by atoms with Gasteiger partial charge in [-0.05, 0) is 25.5 Å². The Balaban J connectivity index is 1.85. The van der Waals surface area contributed by atoms with Gasteiger partial charge in [0, 0.05) is 18.7 Å². The van der Waals surface area contributed by atoms with Gasteiger partial charge >= 0.3 is 6.03 Å². The van der Waals surface area contributed by atoms with Gasteiger partial charge in [-0.1, -0.05) is 6.07 Å². The van der Waals surface area contributed by atoms with Crippen LogP contribution in [0.2, 0.25) is 0 Å². The van der Waals surface area contributed by atoms with Crippen molar-refractivity contribution in [1.29, 1.82) is 0 Å². The van der Waals surface area contributed by atoms with E-state index in [1.54, 1.807) is 18.7 Å². The number of hydrogen-bond donors (Lipinski definition) is 2. The lowest BCUT2D eigenvalue weighted by Gasteiger charge is -2.15. The van der Waals surface area contributed by atoms with E-state index in [2.05, 4.69) is 20.7 Å². The summed E-state index contributed by atoms with van der Waals surface area (Å²) in [5, 5.41) is 9.12. The molecule has 0 aliphatic heterocycles. The maximum atomic E-state index is 13.5. The summed E-state index contributed by atoms with van der Waals surface area (Å²) >= 11 is 0. The molecule has 1 heterocycles. The van der Waals surface area contributed by atoms with E-state index < -0.39 is 23.7 Å². The molecular weight excluding hydrogens is 292 g/mol. The molecule has 0 aliphatic rings. The fraction of sp³-hybridized carbons (Fsp3) is 0.357. The smallest absolute Gasteiger partial charge is 0.315 e. The van der Waals surface area contributed by atoms with E-state index in [1.807, 2.05) is 0 Å². The number of aryl methyl sites for hydroxylation is 1. The predicted octanol–water partition coefficient (Wildman–Crippen LogP) is 1.52. The predicted molar refractivity (Wildman–Crippen MR) is 75.9 cm³/mol. The first kappa shape index (κ1) is 15.9. The molecule has 0 unspecified atom stereocenters. The number of halogens is 2. The van der Waals surface area contributed by atoms with Crippen LogP contribution >= 0.6 is 0 Å². The van der Waals surface area contributed by atoms with E-state index in [1.165, 1.54) is 24.5 Å².